The largest absolute Gasteiger partial charge is 0.351 e. The maximum atomic E-state index is 13.5. The predicted octanol–water partition coefficient (Wildman–Crippen LogP) is 1.79. The van der Waals surface area contributed by atoms with E-state index in [-0.39, 0.29) is 17.4 Å². The summed E-state index contributed by atoms with van der Waals surface area (Å²) in [7, 11) is 1.83. The van der Waals surface area contributed by atoms with E-state index in [1.807, 2.05) is 7.05 Å². The molecule has 1 aliphatic rings. The van der Waals surface area contributed by atoms with E-state index in [0.717, 1.165) is 16.9 Å². The smallest absolute Gasteiger partial charge is 0.267 e. The highest BCUT2D eigenvalue weighted by Crippen LogP contribution is 2.30. The predicted molar refractivity (Wildman–Crippen MR) is 101 cm³/mol. The third-order valence-corrected chi connectivity index (χ3v) is 4.96. The number of benzene rings is 1. The van der Waals surface area contributed by atoms with Crippen LogP contribution in [0.5, 0.6) is 0 Å². The molecule has 4 aromatic rings. The van der Waals surface area contributed by atoms with Crippen molar-refractivity contribution < 1.29 is 4.39 Å². The molecule has 1 fully saturated rings. The van der Waals surface area contributed by atoms with Gasteiger partial charge in [0, 0.05) is 31.8 Å². The first-order chi connectivity index (χ1) is 13.6. The normalized spacial score (nSPS) is 14.4. The SMILES string of the molecule is Cn1ncc2c(N3CC(n4nc(-c5cccc(F)c5)ccc4=O)C3)ncnc21. The molecule has 0 bridgehead atoms. The van der Waals surface area contributed by atoms with Gasteiger partial charge in [0.25, 0.3) is 5.56 Å². The maximum absolute atomic E-state index is 13.5. The second-order valence-electron chi connectivity index (χ2n) is 6.77. The Morgan fingerprint density at radius 2 is 2.00 bits per heavy atom. The molecule has 9 heteroatoms. The highest BCUT2D eigenvalue weighted by molar-refractivity contribution is 5.87. The van der Waals surface area contributed by atoms with Gasteiger partial charge in [0.15, 0.2) is 5.65 Å². The molecule has 0 aliphatic carbocycles. The highest BCUT2D eigenvalue weighted by Gasteiger charge is 2.32. The number of aryl methyl sites for hydroxylation is 1. The minimum Gasteiger partial charge on any atom is -0.351 e. The zero-order chi connectivity index (χ0) is 19.3. The van der Waals surface area contributed by atoms with Gasteiger partial charge >= 0.3 is 0 Å². The van der Waals surface area contributed by atoms with Crippen LogP contribution in [0.3, 0.4) is 0 Å². The Kier molecular flexibility index (Phi) is 3.68. The molecular weight excluding hydrogens is 361 g/mol. The molecule has 0 atom stereocenters. The zero-order valence-electron chi connectivity index (χ0n) is 15.0. The average molecular weight is 377 g/mol. The summed E-state index contributed by atoms with van der Waals surface area (Å²) in [6.45, 7) is 1.20. The summed E-state index contributed by atoms with van der Waals surface area (Å²) in [5.74, 6) is 0.458. The van der Waals surface area contributed by atoms with E-state index in [9.17, 15) is 9.18 Å². The van der Waals surface area contributed by atoms with Crippen molar-refractivity contribution in [3.05, 3.63) is 65.1 Å². The lowest BCUT2D eigenvalue weighted by atomic mass is 10.1. The third kappa shape index (κ3) is 2.63. The van der Waals surface area contributed by atoms with E-state index in [1.165, 1.54) is 29.2 Å². The Morgan fingerprint density at radius 1 is 1.14 bits per heavy atom. The van der Waals surface area contributed by atoms with Crippen molar-refractivity contribution >= 4 is 16.9 Å². The summed E-state index contributed by atoms with van der Waals surface area (Å²) in [6, 6.07) is 9.19. The van der Waals surface area contributed by atoms with Gasteiger partial charge in [-0.2, -0.15) is 10.2 Å². The number of nitrogens with zero attached hydrogens (tertiary/aromatic N) is 7. The minimum atomic E-state index is -0.337. The molecule has 4 heterocycles. The maximum Gasteiger partial charge on any atom is 0.267 e. The Balaban J connectivity index is 1.43. The summed E-state index contributed by atoms with van der Waals surface area (Å²) >= 11 is 0. The number of aromatic nitrogens is 6. The van der Waals surface area contributed by atoms with Crippen LogP contribution in [0.15, 0.2) is 53.7 Å². The standard InChI is InChI=1S/C19H16FN7O/c1-25-18-15(8-23-25)19(22-11-21-18)26-9-14(10-26)27-17(28)6-5-16(24-27)12-3-2-4-13(20)7-12/h2-8,11,14H,9-10H2,1H3. The number of rotatable bonds is 3. The van der Waals surface area contributed by atoms with Crippen molar-refractivity contribution in [3.63, 3.8) is 0 Å². The molecule has 140 valence electrons. The van der Waals surface area contributed by atoms with Crippen LogP contribution in [0.1, 0.15) is 6.04 Å². The Bertz CT molecular complexity index is 1240. The summed E-state index contributed by atoms with van der Waals surface area (Å²) in [4.78, 5) is 23.0. The van der Waals surface area contributed by atoms with E-state index < -0.39 is 0 Å². The molecule has 28 heavy (non-hydrogen) atoms. The number of anilines is 1. The first kappa shape index (κ1) is 16.5. The Hall–Kier alpha value is -3.62. The molecule has 0 amide bonds. The monoisotopic (exact) mass is 377 g/mol. The fourth-order valence-corrected chi connectivity index (χ4v) is 3.47. The van der Waals surface area contributed by atoms with Crippen molar-refractivity contribution in [3.8, 4) is 11.3 Å². The number of hydrogen-bond acceptors (Lipinski definition) is 6. The Morgan fingerprint density at radius 3 is 2.82 bits per heavy atom. The van der Waals surface area contributed by atoms with Gasteiger partial charge in [-0.25, -0.2) is 19.0 Å². The molecule has 5 rings (SSSR count). The van der Waals surface area contributed by atoms with E-state index in [1.54, 1.807) is 29.1 Å². The van der Waals surface area contributed by atoms with Crippen LogP contribution in [-0.4, -0.2) is 42.6 Å². The van der Waals surface area contributed by atoms with E-state index in [2.05, 4.69) is 25.1 Å². The fourth-order valence-electron chi connectivity index (χ4n) is 3.47. The van der Waals surface area contributed by atoms with Crippen molar-refractivity contribution in [2.45, 2.75) is 6.04 Å². The van der Waals surface area contributed by atoms with Crippen molar-refractivity contribution in [1.29, 1.82) is 0 Å². The first-order valence-corrected chi connectivity index (χ1v) is 8.83. The summed E-state index contributed by atoms with van der Waals surface area (Å²) in [6.07, 6.45) is 3.26. The molecule has 0 unspecified atom stereocenters. The Labute approximate surface area is 158 Å². The summed E-state index contributed by atoms with van der Waals surface area (Å²) < 4.78 is 16.7. The van der Waals surface area contributed by atoms with E-state index >= 15 is 0 Å². The van der Waals surface area contributed by atoms with Gasteiger partial charge < -0.3 is 4.90 Å². The lowest BCUT2D eigenvalue weighted by Crippen LogP contribution is -2.51. The molecule has 0 N–H and O–H groups in total. The fraction of sp³-hybridized carbons (Fsp3) is 0.211. The van der Waals surface area contributed by atoms with Crippen molar-refractivity contribution in [2.75, 3.05) is 18.0 Å². The second-order valence-corrected chi connectivity index (χ2v) is 6.77. The van der Waals surface area contributed by atoms with Gasteiger partial charge in [0.05, 0.1) is 23.3 Å². The molecule has 0 saturated carbocycles. The molecule has 1 aromatic carbocycles. The van der Waals surface area contributed by atoms with Crippen LogP contribution in [0, 0.1) is 5.82 Å². The number of hydrogen-bond donors (Lipinski definition) is 0. The molecular formula is C19H16FN7O. The lowest BCUT2D eigenvalue weighted by Gasteiger charge is -2.40. The van der Waals surface area contributed by atoms with Gasteiger partial charge in [-0.3, -0.25) is 9.48 Å². The summed E-state index contributed by atoms with van der Waals surface area (Å²) in [5, 5.41) is 9.56. The van der Waals surface area contributed by atoms with Gasteiger partial charge in [-0.05, 0) is 18.2 Å². The minimum absolute atomic E-state index is 0.0808. The average Bonchev–Trinajstić information content (AvgIpc) is 3.04. The lowest BCUT2D eigenvalue weighted by molar-refractivity contribution is 0.353. The van der Waals surface area contributed by atoms with Crippen LogP contribution >= 0.6 is 0 Å². The third-order valence-electron chi connectivity index (χ3n) is 4.96. The van der Waals surface area contributed by atoms with Crippen LogP contribution in [0.2, 0.25) is 0 Å². The van der Waals surface area contributed by atoms with Gasteiger partial charge in [-0.1, -0.05) is 12.1 Å². The number of fused-ring (bicyclic) bond motifs is 1. The van der Waals surface area contributed by atoms with Crippen molar-refractivity contribution in [1.82, 2.24) is 29.5 Å². The number of halogens is 1. The quantitative estimate of drug-likeness (QED) is 0.541. The molecule has 3 aromatic heterocycles. The van der Waals surface area contributed by atoms with Crippen LogP contribution in [-0.2, 0) is 7.05 Å². The van der Waals surface area contributed by atoms with E-state index in [0.29, 0.717) is 24.3 Å². The summed E-state index contributed by atoms with van der Waals surface area (Å²) in [5.41, 5.74) is 1.78. The van der Waals surface area contributed by atoms with Crippen molar-refractivity contribution in [2.24, 2.45) is 7.05 Å². The van der Waals surface area contributed by atoms with Gasteiger partial charge in [0.2, 0.25) is 0 Å². The topological polar surface area (TPSA) is 81.7 Å². The molecule has 1 saturated heterocycles. The van der Waals surface area contributed by atoms with E-state index in [4.69, 9.17) is 0 Å². The second kappa shape index (κ2) is 6.22. The van der Waals surface area contributed by atoms with Gasteiger partial charge in [0.1, 0.15) is 18.0 Å². The molecule has 1 aliphatic heterocycles. The van der Waals surface area contributed by atoms with Gasteiger partial charge in [-0.15, -0.1) is 0 Å². The van der Waals surface area contributed by atoms with Crippen LogP contribution in [0.4, 0.5) is 10.2 Å². The zero-order valence-corrected chi connectivity index (χ0v) is 15.0. The first-order valence-electron chi connectivity index (χ1n) is 8.83. The molecule has 8 nitrogen and oxygen atoms in total. The molecule has 0 spiro atoms. The highest BCUT2D eigenvalue weighted by atomic mass is 19.1. The molecule has 0 radical (unpaired) electrons. The van der Waals surface area contributed by atoms with Crippen LogP contribution < -0.4 is 10.5 Å². The van der Waals surface area contributed by atoms with Crippen LogP contribution in [0.25, 0.3) is 22.3 Å².